The zero-order valence-electron chi connectivity index (χ0n) is 15.2. The van der Waals surface area contributed by atoms with Crippen molar-refractivity contribution in [2.24, 2.45) is 5.92 Å². The van der Waals surface area contributed by atoms with Crippen molar-refractivity contribution in [1.82, 2.24) is 10.2 Å². The van der Waals surface area contributed by atoms with Crippen LogP contribution in [0.15, 0.2) is 41.8 Å². The lowest BCUT2D eigenvalue weighted by Crippen LogP contribution is -2.57. The predicted molar refractivity (Wildman–Crippen MR) is 107 cm³/mol. The standard InChI is InChI=1S/C16H18N2OS.C4H4O4/c19-16(13-1-2-15-12(9-13)5-8-20-15)17-14-10-18-6-3-11(14)4-7-18;5-3(6)1-2-4(7)8/h1-2,5,8-9,11,14H,3-4,6-7,10H2,(H,17,19);1-2H,(H,5,6)(H,7,8)/t14-;/m0./s1. The van der Waals surface area contributed by atoms with Crippen molar-refractivity contribution in [1.29, 1.82) is 0 Å². The van der Waals surface area contributed by atoms with Gasteiger partial charge in [-0.2, -0.15) is 0 Å². The highest BCUT2D eigenvalue weighted by Crippen LogP contribution is 2.28. The molecule has 0 aliphatic carbocycles. The van der Waals surface area contributed by atoms with Gasteiger partial charge < -0.3 is 20.4 Å². The van der Waals surface area contributed by atoms with Crippen LogP contribution >= 0.6 is 11.3 Å². The Kier molecular flexibility index (Phi) is 6.43. The molecule has 7 nitrogen and oxygen atoms in total. The fourth-order valence-corrected chi connectivity index (χ4v) is 4.40. The second-order valence-corrected chi connectivity index (χ2v) is 7.85. The van der Waals surface area contributed by atoms with Gasteiger partial charge in [-0.25, -0.2) is 9.59 Å². The molecule has 0 spiro atoms. The van der Waals surface area contributed by atoms with E-state index >= 15 is 0 Å². The second kappa shape index (κ2) is 8.99. The van der Waals surface area contributed by atoms with Crippen molar-refractivity contribution in [2.75, 3.05) is 19.6 Å². The molecule has 1 atom stereocenters. The van der Waals surface area contributed by atoms with Crippen LogP contribution in [0.5, 0.6) is 0 Å². The Balaban J connectivity index is 0.000000242. The van der Waals surface area contributed by atoms with Gasteiger partial charge in [0.2, 0.25) is 0 Å². The number of nitrogens with one attached hydrogen (secondary N) is 1. The predicted octanol–water partition coefficient (Wildman–Crippen LogP) is 2.44. The molecule has 1 aromatic carbocycles. The molecule has 3 aliphatic rings. The number of piperidine rings is 3. The highest BCUT2D eigenvalue weighted by molar-refractivity contribution is 7.17. The SMILES string of the molecule is O=C(N[C@H]1CN2CCC1CC2)c1ccc2sccc2c1.O=C(O)C=CC(=O)O. The number of benzene rings is 1. The van der Waals surface area contributed by atoms with Gasteiger partial charge in [-0.05, 0) is 66.9 Å². The van der Waals surface area contributed by atoms with E-state index in [4.69, 9.17) is 10.2 Å². The molecule has 4 heterocycles. The zero-order chi connectivity index (χ0) is 20.1. The molecule has 2 bridgehead atoms. The van der Waals surface area contributed by atoms with E-state index in [1.807, 2.05) is 18.2 Å². The molecule has 0 unspecified atom stereocenters. The normalized spacial score (nSPS) is 23.2. The van der Waals surface area contributed by atoms with Crippen molar-refractivity contribution in [2.45, 2.75) is 18.9 Å². The van der Waals surface area contributed by atoms with Crippen LogP contribution in [0.3, 0.4) is 0 Å². The number of fused-ring (bicyclic) bond motifs is 4. The Morgan fingerprint density at radius 1 is 1.07 bits per heavy atom. The summed E-state index contributed by atoms with van der Waals surface area (Å²) in [4.78, 5) is 34.0. The highest BCUT2D eigenvalue weighted by atomic mass is 32.1. The highest BCUT2D eigenvalue weighted by Gasteiger charge is 2.34. The number of hydrogen-bond donors (Lipinski definition) is 3. The molecule has 5 rings (SSSR count). The van der Waals surface area contributed by atoms with Gasteiger partial charge in [0.05, 0.1) is 0 Å². The largest absolute Gasteiger partial charge is 0.478 e. The third kappa shape index (κ3) is 5.17. The van der Waals surface area contributed by atoms with Crippen molar-refractivity contribution < 1.29 is 24.6 Å². The van der Waals surface area contributed by atoms with Crippen LogP contribution in [0.25, 0.3) is 10.1 Å². The van der Waals surface area contributed by atoms with E-state index in [0.29, 0.717) is 24.1 Å². The summed E-state index contributed by atoms with van der Waals surface area (Å²) in [6, 6.07) is 8.40. The summed E-state index contributed by atoms with van der Waals surface area (Å²) in [6.45, 7) is 3.44. The third-order valence-electron chi connectivity index (χ3n) is 5.06. The number of hydrogen-bond acceptors (Lipinski definition) is 5. The molecular weight excluding hydrogens is 380 g/mol. The van der Waals surface area contributed by atoms with E-state index in [1.165, 1.54) is 30.6 Å². The minimum Gasteiger partial charge on any atom is -0.478 e. The summed E-state index contributed by atoms with van der Waals surface area (Å²) >= 11 is 1.71. The number of carboxylic acids is 2. The first kappa shape index (κ1) is 20.0. The molecule has 3 N–H and O–H groups in total. The van der Waals surface area contributed by atoms with E-state index in [9.17, 15) is 14.4 Å². The second-order valence-electron chi connectivity index (χ2n) is 6.90. The van der Waals surface area contributed by atoms with E-state index in [0.717, 1.165) is 17.5 Å². The summed E-state index contributed by atoms with van der Waals surface area (Å²) in [7, 11) is 0. The maximum Gasteiger partial charge on any atom is 0.328 e. The van der Waals surface area contributed by atoms with Gasteiger partial charge in [0.25, 0.3) is 5.91 Å². The van der Waals surface area contributed by atoms with Crippen LogP contribution in [0, 0.1) is 5.92 Å². The smallest absolute Gasteiger partial charge is 0.328 e. The van der Waals surface area contributed by atoms with Gasteiger partial charge in [0.1, 0.15) is 0 Å². The number of aliphatic carboxylic acids is 2. The number of thiophene rings is 1. The molecule has 28 heavy (non-hydrogen) atoms. The van der Waals surface area contributed by atoms with Crippen LogP contribution in [0.1, 0.15) is 23.2 Å². The first-order chi connectivity index (χ1) is 13.4. The molecule has 3 aliphatic heterocycles. The number of carbonyl (C=O) groups excluding carboxylic acids is 1. The van der Waals surface area contributed by atoms with Crippen molar-refractivity contribution in [3.8, 4) is 0 Å². The molecule has 1 aromatic heterocycles. The Morgan fingerprint density at radius 3 is 2.32 bits per heavy atom. The number of rotatable bonds is 4. The van der Waals surface area contributed by atoms with Crippen molar-refractivity contribution in [3.05, 3.63) is 47.4 Å². The Morgan fingerprint density at radius 2 is 1.75 bits per heavy atom. The molecular formula is C20H22N2O5S. The van der Waals surface area contributed by atoms with Crippen molar-refractivity contribution in [3.63, 3.8) is 0 Å². The summed E-state index contributed by atoms with van der Waals surface area (Å²) in [5.41, 5.74) is 0.785. The topological polar surface area (TPSA) is 107 Å². The van der Waals surface area contributed by atoms with Crippen LogP contribution in [0.2, 0.25) is 0 Å². The lowest BCUT2D eigenvalue weighted by atomic mass is 9.84. The maximum atomic E-state index is 12.4. The Bertz CT molecular complexity index is 883. The summed E-state index contributed by atoms with van der Waals surface area (Å²) in [5, 5.41) is 22.1. The van der Waals surface area contributed by atoms with Gasteiger partial charge in [-0.1, -0.05) is 0 Å². The van der Waals surface area contributed by atoms with Crippen LogP contribution in [0.4, 0.5) is 0 Å². The summed E-state index contributed by atoms with van der Waals surface area (Å²) in [6.07, 6.45) is 3.58. The van der Waals surface area contributed by atoms with E-state index < -0.39 is 11.9 Å². The Labute approximate surface area is 166 Å². The van der Waals surface area contributed by atoms with Gasteiger partial charge in [-0.3, -0.25) is 4.79 Å². The minimum absolute atomic E-state index is 0.0804. The van der Waals surface area contributed by atoms with Gasteiger partial charge >= 0.3 is 11.9 Å². The summed E-state index contributed by atoms with van der Waals surface area (Å²) < 4.78 is 1.24. The first-order valence-corrected chi connectivity index (χ1v) is 9.95. The molecule has 8 heteroatoms. The molecule has 3 fully saturated rings. The van der Waals surface area contributed by atoms with Crippen LogP contribution in [-0.4, -0.2) is 58.6 Å². The van der Waals surface area contributed by atoms with E-state index in [1.54, 1.807) is 11.3 Å². The quantitative estimate of drug-likeness (QED) is 0.678. The molecule has 1 amide bonds. The third-order valence-corrected chi connectivity index (χ3v) is 5.95. The van der Waals surface area contributed by atoms with E-state index in [-0.39, 0.29) is 5.91 Å². The van der Waals surface area contributed by atoms with Crippen LogP contribution in [-0.2, 0) is 9.59 Å². The van der Waals surface area contributed by atoms with Gasteiger partial charge in [0.15, 0.2) is 0 Å². The molecule has 0 saturated carbocycles. The van der Waals surface area contributed by atoms with Crippen molar-refractivity contribution >= 4 is 39.3 Å². The molecule has 148 valence electrons. The van der Waals surface area contributed by atoms with E-state index in [2.05, 4.69) is 21.7 Å². The fraction of sp³-hybridized carbons (Fsp3) is 0.350. The lowest BCUT2D eigenvalue weighted by Gasteiger charge is -2.44. The number of carbonyl (C=O) groups is 3. The molecule has 3 saturated heterocycles. The first-order valence-electron chi connectivity index (χ1n) is 9.07. The monoisotopic (exact) mass is 402 g/mol. The molecule has 0 radical (unpaired) electrons. The zero-order valence-corrected chi connectivity index (χ0v) is 16.0. The Hall–Kier alpha value is -2.71. The maximum absolute atomic E-state index is 12.4. The minimum atomic E-state index is -1.26. The number of nitrogens with zero attached hydrogens (tertiary/aromatic N) is 1. The molecule has 2 aromatic rings. The van der Waals surface area contributed by atoms with Gasteiger partial charge in [-0.15, -0.1) is 11.3 Å². The lowest BCUT2D eigenvalue weighted by molar-refractivity contribution is -0.134. The summed E-state index contributed by atoms with van der Waals surface area (Å²) in [5.74, 6) is -1.76. The fourth-order valence-electron chi connectivity index (χ4n) is 3.63. The number of amides is 1. The van der Waals surface area contributed by atoms with Crippen LogP contribution < -0.4 is 5.32 Å². The number of carboxylic acid groups (broad SMARTS) is 2. The average molecular weight is 402 g/mol. The van der Waals surface area contributed by atoms with Gasteiger partial charge in [0, 0.05) is 35.0 Å². The average Bonchev–Trinajstić information content (AvgIpc) is 3.15.